The number of amides is 2. The minimum absolute atomic E-state index is 0.0945. The summed E-state index contributed by atoms with van der Waals surface area (Å²) in [6.07, 6.45) is 1.52. The number of rotatable bonds is 1. The van der Waals surface area contributed by atoms with E-state index in [9.17, 15) is 9.59 Å². The average molecular weight is 384 g/mol. The molecule has 1 atom stereocenters. The molecule has 0 bridgehead atoms. The normalized spacial score (nSPS) is 22.1. The maximum absolute atomic E-state index is 12.7. The van der Waals surface area contributed by atoms with Gasteiger partial charge in [-0.3, -0.25) is 9.59 Å². The van der Waals surface area contributed by atoms with Gasteiger partial charge in [0.15, 0.2) is 0 Å². The Kier molecular flexibility index (Phi) is 3.70. The van der Waals surface area contributed by atoms with Crippen molar-refractivity contribution in [3.63, 3.8) is 0 Å². The second-order valence-electron chi connectivity index (χ2n) is 5.47. The molecule has 0 N–H and O–H groups in total. The molecule has 0 saturated carbocycles. The van der Waals surface area contributed by atoms with Gasteiger partial charge in [-0.1, -0.05) is 12.1 Å². The third-order valence-corrected chi connectivity index (χ3v) is 5.64. The zero-order valence-corrected chi connectivity index (χ0v) is 13.6. The summed E-state index contributed by atoms with van der Waals surface area (Å²) in [7, 11) is 0. The Morgan fingerprint density at radius 1 is 1.35 bits per heavy atom. The number of benzene rings is 1. The van der Waals surface area contributed by atoms with Crippen LogP contribution in [-0.2, 0) is 4.79 Å². The second-order valence-corrected chi connectivity index (χ2v) is 6.55. The Bertz CT molecular complexity index is 573. The van der Waals surface area contributed by atoms with E-state index in [4.69, 9.17) is 0 Å². The lowest BCUT2D eigenvalue weighted by atomic mass is 10.1. The largest absolute Gasteiger partial charge is 0.336 e. The minimum atomic E-state index is 0.0945. The van der Waals surface area contributed by atoms with Crippen LogP contribution < -0.4 is 0 Å². The molecule has 2 aliphatic rings. The van der Waals surface area contributed by atoms with E-state index in [-0.39, 0.29) is 17.9 Å². The van der Waals surface area contributed by atoms with Crippen LogP contribution in [0.1, 0.15) is 28.8 Å². The van der Waals surface area contributed by atoms with E-state index in [1.54, 1.807) is 0 Å². The summed E-state index contributed by atoms with van der Waals surface area (Å²) in [6.45, 7) is 4.02. The molecule has 3 rings (SSSR count). The first kappa shape index (κ1) is 13.9. The highest BCUT2D eigenvalue weighted by Gasteiger charge is 2.37. The molecule has 0 spiro atoms. The summed E-state index contributed by atoms with van der Waals surface area (Å²) >= 11 is 2.24. The van der Waals surface area contributed by atoms with Crippen molar-refractivity contribution >= 4 is 34.4 Å². The topological polar surface area (TPSA) is 40.6 Å². The van der Waals surface area contributed by atoms with Crippen LogP contribution in [0.25, 0.3) is 0 Å². The maximum atomic E-state index is 12.7. The fourth-order valence-corrected chi connectivity index (χ4v) is 3.62. The van der Waals surface area contributed by atoms with Crippen molar-refractivity contribution in [2.24, 2.45) is 0 Å². The number of hydrogen-bond acceptors (Lipinski definition) is 2. The Morgan fingerprint density at radius 2 is 2.15 bits per heavy atom. The molecule has 106 valence electrons. The zero-order chi connectivity index (χ0) is 14.3. The van der Waals surface area contributed by atoms with Gasteiger partial charge in [-0.15, -0.1) is 0 Å². The Balaban J connectivity index is 1.79. The van der Waals surface area contributed by atoms with Gasteiger partial charge in [0.1, 0.15) is 0 Å². The summed E-state index contributed by atoms with van der Waals surface area (Å²) in [5.74, 6) is 0.337. The Hall–Kier alpha value is -1.11. The van der Waals surface area contributed by atoms with Gasteiger partial charge < -0.3 is 9.80 Å². The second kappa shape index (κ2) is 5.35. The van der Waals surface area contributed by atoms with Gasteiger partial charge >= 0.3 is 0 Å². The molecule has 0 aromatic heterocycles. The molecule has 1 aromatic rings. The lowest BCUT2D eigenvalue weighted by molar-refractivity contribution is -0.130. The maximum Gasteiger partial charge on any atom is 0.255 e. The first-order valence-electron chi connectivity index (χ1n) is 6.92. The van der Waals surface area contributed by atoms with Crippen LogP contribution >= 0.6 is 22.6 Å². The zero-order valence-electron chi connectivity index (χ0n) is 11.4. The molecule has 0 aliphatic carbocycles. The van der Waals surface area contributed by atoms with Gasteiger partial charge in [0.05, 0.1) is 5.56 Å². The molecule has 2 amide bonds. The fourth-order valence-electron chi connectivity index (χ4n) is 3.03. The minimum Gasteiger partial charge on any atom is -0.336 e. The number of halogens is 1. The SMILES string of the molecule is Cc1cccc(C(=O)N2CCN3C(=O)CCC3C2)c1I. The highest BCUT2D eigenvalue weighted by atomic mass is 127. The van der Waals surface area contributed by atoms with Crippen molar-refractivity contribution in [1.29, 1.82) is 0 Å². The van der Waals surface area contributed by atoms with Gasteiger partial charge in [0.25, 0.3) is 5.91 Å². The lowest BCUT2D eigenvalue weighted by Gasteiger charge is -2.37. The molecule has 4 nitrogen and oxygen atoms in total. The van der Waals surface area contributed by atoms with Crippen LogP contribution in [0, 0.1) is 10.5 Å². The molecular weight excluding hydrogens is 367 g/mol. The van der Waals surface area contributed by atoms with Gasteiger partial charge in [-0.05, 0) is 47.6 Å². The summed E-state index contributed by atoms with van der Waals surface area (Å²) in [5.41, 5.74) is 1.91. The van der Waals surface area contributed by atoms with E-state index >= 15 is 0 Å². The van der Waals surface area contributed by atoms with Gasteiger partial charge in [-0.2, -0.15) is 0 Å². The number of aryl methyl sites for hydroxylation is 1. The quantitative estimate of drug-likeness (QED) is 0.696. The van der Waals surface area contributed by atoms with Crippen LogP contribution in [0.4, 0.5) is 0 Å². The van der Waals surface area contributed by atoms with Crippen LogP contribution in [0.3, 0.4) is 0 Å². The van der Waals surface area contributed by atoms with Gasteiger partial charge in [0.2, 0.25) is 5.91 Å². The van der Waals surface area contributed by atoms with Crippen molar-refractivity contribution in [3.05, 3.63) is 32.9 Å². The molecule has 2 heterocycles. The van der Waals surface area contributed by atoms with E-state index in [1.165, 1.54) is 0 Å². The molecule has 20 heavy (non-hydrogen) atoms. The van der Waals surface area contributed by atoms with Crippen molar-refractivity contribution in [3.8, 4) is 0 Å². The van der Waals surface area contributed by atoms with Crippen molar-refractivity contribution in [1.82, 2.24) is 9.80 Å². The van der Waals surface area contributed by atoms with E-state index in [1.807, 2.05) is 34.9 Å². The standard InChI is InChI=1S/C15H17IN2O2/c1-10-3-2-4-12(14(10)16)15(20)17-7-8-18-11(9-17)5-6-13(18)19/h2-4,11H,5-9H2,1H3. The lowest BCUT2D eigenvalue weighted by Crippen LogP contribution is -2.53. The summed E-state index contributed by atoms with van der Waals surface area (Å²) in [6, 6.07) is 6.07. The smallest absolute Gasteiger partial charge is 0.255 e. The molecule has 5 heteroatoms. The van der Waals surface area contributed by atoms with Crippen molar-refractivity contribution < 1.29 is 9.59 Å². The highest BCUT2D eigenvalue weighted by Crippen LogP contribution is 2.25. The number of carbonyl (C=O) groups excluding carboxylic acids is 2. The summed E-state index contributed by atoms with van der Waals surface area (Å²) in [5, 5.41) is 0. The predicted octanol–water partition coefficient (Wildman–Crippen LogP) is 2.05. The third kappa shape index (κ3) is 2.32. The van der Waals surface area contributed by atoms with E-state index < -0.39 is 0 Å². The number of piperazine rings is 1. The molecular formula is C15H17IN2O2. The van der Waals surface area contributed by atoms with E-state index in [0.717, 1.165) is 21.1 Å². The molecule has 1 unspecified atom stereocenters. The van der Waals surface area contributed by atoms with Crippen LogP contribution in [-0.4, -0.2) is 47.3 Å². The first-order chi connectivity index (χ1) is 9.58. The van der Waals surface area contributed by atoms with Crippen LogP contribution in [0.2, 0.25) is 0 Å². The van der Waals surface area contributed by atoms with E-state index in [0.29, 0.717) is 26.1 Å². The highest BCUT2D eigenvalue weighted by molar-refractivity contribution is 14.1. The Morgan fingerprint density at radius 3 is 2.95 bits per heavy atom. The third-order valence-electron chi connectivity index (χ3n) is 4.20. The predicted molar refractivity (Wildman–Crippen MR) is 84.5 cm³/mol. The summed E-state index contributed by atoms with van der Waals surface area (Å²) in [4.78, 5) is 28.2. The molecule has 2 aliphatic heterocycles. The van der Waals surface area contributed by atoms with Gasteiger partial charge in [-0.25, -0.2) is 0 Å². The number of carbonyl (C=O) groups is 2. The van der Waals surface area contributed by atoms with Gasteiger partial charge in [0, 0.05) is 35.7 Å². The van der Waals surface area contributed by atoms with Crippen LogP contribution in [0.15, 0.2) is 18.2 Å². The first-order valence-corrected chi connectivity index (χ1v) is 7.99. The Labute approximate surface area is 132 Å². The number of nitrogens with zero attached hydrogens (tertiary/aromatic N) is 2. The van der Waals surface area contributed by atoms with Crippen molar-refractivity contribution in [2.75, 3.05) is 19.6 Å². The van der Waals surface area contributed by atoms with Crippen molar-refractivity contribution in [2.45, 2.75) is 25.8 Å². The van der Waals surface area contributed by atoms with E-state index in [2.05, 4.69) is 22.6 Å². The average Bonchev–Trinajstić information content (AvgIpc) is 2.82. The number of hydrogen-bond donors (Lipinski definition) is 0. The van der Waals surface area contributed by atoms with Crippen LogP contribution in [0.5, 0.6) is 0 Å². The molecule has 1 aromatic carbocycles. The summed E-state index contributed by atoms with van der Waals surface area (Å²) < 4.78 is 1.03. The number of fused-ring (bicyclic) bond motifs is 1. The monoisotopic (exact) mass is 384 g/mol. The molecule has 2 saturated heterocycles. The fraction of sp³-hybridized carbons (Fsp3) is 0.467. The molecule has 0 radical (unpaired) electrons. The molecule has 2 fully saturated rings.